The van der Waals surface area contributed by atoms with Crippen LogP contribution in [0.3, 0.4) is 0 Å². The fraction of sp³-hybridized carbons (Fsp3) is 0.333. The average molecular weight is 290 g/mol. The molecule has 0 heterocycles. The zero-order valence-electron chi connectivity index (χ0n) is 8.78. The van der Waals surface area contributed by atoms with Gasteiger partial charge in [0, 0.05) is 10.5 Å². The van der Waals surface area contributed by atoms with Crippen LogP contribution in [0.15, 0.2) is 22.7 Å². The van der Waals surface area contributed by atoms with E-state index in [1.165, 1.54) is 6.07 Å². The molecule has 0 spiro atoms. The van der Waals surface area contributed by atoms with Crippen molar-refractivity contribution in [3.8, 4) is 5.75 Å². The zero-order chi connectivity index (χ0) is 11.6. The van der Waals surface area contributed by atoms with Crippen LogP contribution in [-0.2, 0) is 0 Å². The van der Waals surface area contributed by atoms with E-state index in [0.717, 1.165) is 0 Å². The summed E-state index contributed by atoms with van der Waals surface area (Å²) >= 11 is 3.20. The number of nitro benzene ring substituents is 1. The number of hydrogen-bond acceptors (Lipinski definition) is 3. The van der Waals surface area contributed by atoms with Crippen molar-refractivity contribution < 1.29 is 9.35 Å². The van der Waals surface area contributed by atoms with Crippen molar-refractivity contribution in [3.63, 3.8) is 0 Å². The van der Waals surface area contributed by atoms with Gasteiger partial charge in [-0.15, -0.1) is 0 Å². The Balaban J connectivity index is 3.12. The summed E-state index contributed by atoms with van der Waals surface area (Å²) in [5.74, 6) is 0.349. The van der Waals surface area contributed by atoms with Crippen LogP contribution in [0.25, 0.3) is 0 Å². The Hall–Kier alpha value is -0.883. The first-order valence-corrected chi connectivity index (χ1v) is 8.63. The van der Waals surface area contributed by atoms with Crippen molar-refractivity contribution in [1.29, 1.82) is 0 Å². The van der Waals surface area contributed by atoms with Crippen LogP contribution >= 0.6 is 15.9 Å². The first-order valence-electron chi connectivity index (χ1n) is 4.42. The van der Waals surface area contributed by atoms with E-state index in [4.69, 9.17) is 4.43 Å². The fourth-order valence-corrected chi connectivity index (χ4v) is 2.23. The minimum absolute atomic E-state index is 0.00630. The van der Waals surface area contributed by atoms with E-state index in [-0.39, 0.29) is 5.69 Å². The van der Waals surface area contributed by atoms with Crippen molar-refractivity contribution >= 4 is 29.9 Å². The molecule has 0 aliphatic rings. The monoisotopic (exact) mass is 289 g/mol. The Bertz CT molecular complexity index is 389. The molecule has 0 saturated heterocycles. The molecule has 4 nitrogen and oxygen atoms in total. The maximum atomic E-state index is 10.8. The lowest BCUT2D eigenvalue weighted by Crippen LogP contribution is -2.29. The van der Waals surface area contributed by atoms with E-state index in [1.807, 2.05) is 19.6 Å². The lowest BCUT2D eigenvalue weighted by molar-refractivity contribution is -0.385. The van der Waals surface area contributed by atoms with Gasteiger partial charge in [0.2, 0.25) is 8.32 Å². The summed E-state index contributed by atoms with van der Waals surface area (Å²) in [6, 6.07) is 4.82. The standard InChI is InChI=1S/C9H12BrNO3Si/c1-15(2,3)14-9-5-4-7(10)6-8(9)11(12)13/h4-6H,1-3H3. The molecule has 15 heavy (non-hydrogen) atoms. The summed E-state index contributed by atoms with van der Waals surface area (Å²) in [5, 5.41) is 10.8. The van der Waals surface area contributed by atoms with Gasteiger partial charge in [-0.25, -0.2) is 0 Å². The quantitative estimate of drug-likeness (QED) is 0.486. The molecule has 82 valence electrons. The number of halogens is 1. The molecule has 0 N–H and O–H groups in total. The largest absolute Gasteiger partial charge is 0.540 e. The van der Waals surface area contributed by atoms with Gasteiger partial charge in [-0.05, 0) is 31.8 Å². The molecule has 0 radical (unpaired) electrons. The van der Waals surface area contributed by atoms with Crippen LogP contribution in [0.5, 0.6) is 5.75 Å². The molecule has 1 aromatic carbocycles. The van der Waals surface area contributed by atoms with E-state index in [1.54, 1.807) is 12.1 Å². The molecule has 0 unspecified atom stereocenters. The first-order chi connectivity index (χ1) is 6.79. The van der Waals surface area contributed by atoms with Crippen LogP contribution in [0.2, 0.25) is 19.6 Å². The van der Waals surface area contributed by atoms with E-state index < -0.39 is 13.2 Å². The molecule has 6 heteroatoms. The van der Waals surface area contributed by atoms with Crippen molar-refractivity contribution in [3.05, 3.63) is 32.8 Å². The summed E-state index contributed by atoms with van der Waals surface area (Å²) < 4.78 is 6.30. The van der Waals surface area contributed by atoms with Gasteiger partial charge in [0.1, 0.15) is 0 Å². The first kappa shape index (κ1) is 12.2. The molecule has 0 aromatic heterocycles. The smallest absolute Gasteiger partial charge is 0.310 e. The van der Waals surface area contributed by atoms with E-state index >= 15 is 0 Å². The number of nitrogens with zero attached hydrogens (tertiary/aromatic N) is 1. The maximum Gasteiger partial charge on any atom is 0.310 e. The molecular formula is C9H12BrNO3Si. The third-order valence-electron chi connectivity index (χ3n) is 1.53. The molecule has 1 aromatic rings. The molecule has 0 saturated carbocycles. The normalized spacial score (nSPS) is 11.2. The van der Waals surface area contributed by atoms with E-state index in [2.05, 4.69) is 15.9 Å². The Kier molecular flexibility index (Phi) is 3.51. The highest BCUT2D eigenvalue weighted by molar-refractivity contribution is 9.10. The number of hydrogen-bond donors (Lipinski definition) is 0. The lowest BCUT2D eigenvalue weighted by atomic mass is 10.3. The predicted molar refractivity (Wildman–Crippen MR) is 64.8 cm³/mol. The van der Waals surface area contributed by atoms with Gasteiger partial charge in [0.05, 0.1) is 4.92 Å². The highest BCUT2D eigenvalue weighted by atomic mass is 79.9. The lowest BCUT2D eigenvalue weighted by Gasteiger charge is -2.18. The molecule has 0 aliphatic heterocycles. The van der Waals surface area contributed by atoms with Gasteiger partial charge in [0.25, 0.3) is 0 Å². The minimum Gasteiger partial charge on any atom is -0.540 e. The topological polar surface area (TPSA) is 52.4 Å². The average Bonchev–Trinajstić information content (AvgIpc) is 2.05. The zero-order valence-corrected chi connectivity index (χ0v) is 11.4. The summed E-state index contributed by atoms with van der Waals surface area (Å²) in [7, 11) is -1.81. The van der Waals surface area contributed by atoms with Gasteiger partial charge in [-0.2, -0.15) is 0 Å². The second-order valence-electron chi connectivity index (χ2n) is 4.08. The minimum atomic E-state index is -1.81. The summed E-state index contributed by atoms with van der Waals surface area (Å²) in [6.07, 6.45) is 0. The predicted octanol–water partition coefficient (Wildman–Crippen LogP) is 3.57. The van der Waals surface area contributed by atoms with Crippen LogP contribution in [0.4, 0.5) is 5.69 Å². The van der Waals surface area contributed by atoms with Gasteiger partial charge >= 0.3 is 5.69 Å². The van der Waals surface area contributed by atoms with Gasteiger partial charge < -0.3 is 4.43 Å². The van der Waals surface area contributed by atoms with Crippen LogP contribution in [-0.4, -0.2) is 13.2 Å². The van der Waals surface area contributed by atoms with Gasteiger partial charge in [-0.3, -0.25) is 10.1 Å². The van der Waals surface area contributed by atoms with Crippen molar-refractivity contribution in [2.45, 2.75) is 19.6 Å². The van der Waals surface area contributed by atoms with E-state index in [9.17, 15) is 10.1 Å². The Morgan fingerprint density at radius 2 is 2.00 bits per heavy atom. The third kappa shape index (κ3) is 3.64. The van der Waals surface area contributed by atoms with Gasteiger partial charge in [-0.1, -0.05) is 15.9 Å². The Labute approximate surface area is 97.7 Å². The third-order valence-corrected chi connectivity index (χ3v) is 2.86. The molecule has 0 atom stereocenters. The Morgan fingerprint density at radius 3 is 2.47 bits per heavy atom. The summed E-state index contributed by atoms with van der Waals surface area (Å²) in [5.41, 5.74) is 0.00630. The molecule has 0 fully saturated rings. The van der Waals surface area contributed by atoms with Crippen molar-refractivity contribution in [1.82, 2.24) is 0 Å². The molecule has 0 amide bonds. The number of rotatable bonds is 3. The molecular weight excluding hydrogens is 278 g/mol. The molecule has 1 rings (SSSR count). The van der Waals surface area contributed by atoms with Crippen molar-refractivity contribution in [2.75, 3.05) is 0 Å². The summed E-state index contributed by atoms with van der Waals surface area (Å²) in [4.78, 5) is 10.3. The number of benzene rings is 1. The fourth-order valence-electron chi connectivity index (χ4n) is 1.05. The van der Waals surface area contributed by atoms with Crippen LogP contribution in [0, 0.1) is 10.1 Å². The summed E-state index contributed by atoms with van der Waals surface area (Å²) in [6.45, 7) is 5.95. The van der Waals surface area contributed by atoms with Crippen LogP contribution in [0.1, 0.15) is 0 Å². The highest BCUT2D eigenvalue weighted by Crippen LogP contribution is 2.31. The number of nitro groups is 1. The van der Waals surface area contributed by atoms with Crippen molar-refractivity contribution in [2.24, 2.45) is 0 Å². The Morgan fingerprint density at radius 1 is 1.40 bits per heavy atom. The SMILES string of the molecule is C[Si](C)(C)Oc1ccc(Br)cc1[N+](=O)[O-]. The highest BCUT2D eigenvalue weighted by Gasteiger charge is 2.22. The molecule has 0 bridgehead atoms. The van der Waals surface area contributed by atoms with Gasteiger partial charge in [0.15, 0.2) is 5.75 Å². The van der Waals surface area contributed by atoms with E-state index in [0.29, 0.717) is 10.2 Å². The molecule has 0 aliphatic carbocycles. The second kappa shape index (κ2) is 4.32. The maximum absolute atomic E-state index is 10.8. The second-order valence-corrected chi connectivity index (χ2v) is 9.43. The van der Waals surface area contributed by atoms with Crippen LogP contribution < -0.4 is 4.43 Å².